The molecule has 1 amide bonds. The van der Waals surface area contributed by atoms with Gasteiger partial charge in [-0.2, -0.15) is 0 Å². The molecule has 1 N–H and O–H groups in total. The number of amides is 1. The Kier molecular flexibility index (Phi) is 8.86. The molecule has 0 saturated heterocycles. The molecule has 0 radical (unpaired) electrons. The van der Waals surface area contributed by atoms with Gasteiger partial charge in [0.1, 0.15) is 6.61 Å². The maximum atomic E-state index is 12.1. The average Bonchev–Trinajstić information content (AvgIpc) is 2.60. The Bertz CT molecular complexity index is 546. The van der Waals surface area contributed by atoms with E-state index in [9.17, 15) is 9.59 Å². The Hall–Kier alpha value is -2.08. The zero-order valence-corrected chi connectivity index (χ0v) is 15.1. The van der Waals surface area contributed by atoms with Crippen molar-refractivity contribution >= 4 is 23.3 Å². The molecule has 1 rings (SSSR count). The highest BCUT2D eigenvalue weighted by Gasteiger charge is 2.19. The summed E-state index contributed by atoms with van der Waals surface area (Å²) >= 11 is 0. The van der Waals surface area contributed by atoms with Crippen molar-refractivity contribution in [3.05, 3.63) is 23.8 Å². The van der Waals surface area contributed by atoms with Crippen molar-refractivity contribution in [3.8, 4) is 0 Å². The van der Waals surface area contributed by atoms with Gasteiger partial charge in [-0.25, -0.2) is 4.79 Å². The summed E-state index contributed by atoms with van der Waals surface area (Å²) in [4.78, 5) is 25.4. The average molecular weight is 336 g/mol. The van der Waals surface area contributed by atoms with E-state index in [1.807, 2.05) is 6.07 Å². The van der Waals surface area contributed by atoms with E-state index >= 15 is 0 Å². The minimum absolute atomic E-state index is 0.0498. The van der Waals surface area contributed by atoms with Crippen LogP contribution < -0.4 is 10.2 Å². The molecule has 0 atom stereocenters. The Morgan fingerprint density at radius 2 is 1.92 bits per heavy atom. The molecular weight excluding hydrogens is 308 g/mol. The molecule has 0 heterocycles. The standard InChI is InChI=1S/C18H28N2O4/c1-5-6-7-8-11-19-14-9-10-15(18(22)24-4)16(12-14)20(2)17(21)13-23-3/h9-10,12,19H,5-8,11,13H2,1-4H3. The number of methoxy groups -OCH3 is 2. The zero-order valence-electron chi connectivity index (χ0n) is 15.1. The summed E-state index contributed by atoms with van der Waals surface area (Å²) in [6, 6.07) is 5.29. The molecule has 0 aliphatic heterocycles. The van der Waals surface area contributed by atoms with E-state index in [-0.39, 0.29) is 12.5 Å². The van der Waals surface area contributed by atoms with Crippen LogP contribution in [-0.2, 0) is 14.3 Å². The van der Waals surface area contributed by atoms with Crippen molar-refractivity contribution < 1.29 is 19.1 Å². The molecule has 0 unspecified atom stereocenters. The van der Waals surface area contributed by atoms with Crippen LogP contribution in [0.1, 0.15) is 43.0 Å². The largest absolute Gasteiger partial charge is 0.465 e. The lowest BCUT2D eigenvalue weighted by Gasteiger charge is -2.21. The van der Waals surface area contributed by atoms with Gasteiger partial charge in [0.05, 0.1) is 18.4 Å². The smallest absolute Gasteiger partial charge is 0.339 e. The van der Waals surface area contributed by atoms with Gasteiger partial charge in [-0.05, 0) is 24.6 Å². The van der Waals surface area contributed by atoms with Crippen LogP contribution in [0.5, 0.6) is 0 Å². The van der Waals surface area contributed by atoms with Gasteiger partial charge in [-0.3, -0.25) is 4.79 Å². The number of hydrogen-bond acceptors (Lipinski definition) is 5. The Morgan fingerprint density at radius 3 is 2.54 bits per heavy atom. The van der Waals surface area contributed by atoms with Gasteiger partial charge in [-0.1, -0.05) is 26.2 Å². The summed E-state index contributed by atoms with van der Waals surface area (Å²) in [7, 11) is 4.40. The highest BCUT2D eigenvalue weighted by atomic mass is 16.5. The van der Waals surface area contributed by atoms with Crippen LogP contribution in [0.25, 0.3) is 0 Å². The van der Waals surface area contributed by atoms with Crippen molar-refractivity contribution in [3.63, 3.8) is 0 Å². The maximum Gasteiger partial charge on any atom is 0.339 e. The fourth-order valence-corrected chi connectivity index (χ4v) is 2.34. The van der Waals surface area contributed by atoms with Crippen LogP contribution in [0.2, 0.25) is 0 Å². The number of ether oxygens (including phenoxy) is 2. The molecule has 24 heavy (non-hydrogen) atoms. The van der Waals surface area contributed by atoms with Crippen molar-refractivity contribution in [2.45, 2.75) is 32.6 Å². The predicted octanol–water partition coefficient (Wildman–Crippen LogP) is 3.07. The summed E-state index contributed by atoms with van der Waals surface area (Å²) in [5.74, 6) is -0.709. The molecule has 0 saturated carbocycles. The van der Waals surface area contributed by atoms with Crippen molar-refractivity contribution in [2.75, 3.05) is 44.6 Å². The van der Waals surface area contributed by atoms with Gasteiger partial charge in [0.15, 0.2) is 0 Å². The predicted molar refractivity (Wildman–Crippen MR) is 95.7 cm³/mol. The number of carbonyl (C=O) groups excluding carboxylic acids is 2. The lowest BCUT2D eigenvalue weighted by molar-refractivity contribution is -0.121. The second kappa shape index (κ2) is 10.6. The first-order valence-electron chi connectivity index (χ1n) is 8.26. The lowest BCUT2D eigenvalue weighted by Crippen LogP contribution is -2.31. The summed E-state index contributed by atoms with van der Waals surface area (Å²) in [6.07, 6.45) is 4.69. The number of hydrogen-bond donors (Lipinski definition) is 1. The van der Waals surface area contributed by atoms with E-state index in [1.165, 1.54) is 38.4 Å². The summed E-state index contributed by atoms with van der Waals surface area (Å²) in [5.41, 5.74) is 1.72. The van der Waals surface area contributed by atoms with E-state index in [0.717, 1.165) is 18.7 Å². The molecule has 0 aliphatic carbocycles. The number of carbonyl (C=O) groups is 2. The summed E-state index contributed by atoms with van der Waals surface area (Å²) in [6.45, 7) is 2.98. The molecule has 0 spiro atoms. The molecule has 0 fully saturated rings. The van der Waals surface area contributed by atoms with Gasteiger partial charge in [0, 0.05) is 26.4 Å². The van der Waals surface area contributed by atoms with Gasteiger partial charge in [-0.15, -0.1) is 0 Å². The molecule has 1 aromatic rings. The SMILES string of the molecule is CCCCCCNc1ccc(C(=O)OC)c(N(C)C(=O)COC)c1. The third-order valence-electron chi connectivity index (χ3n) is 3.77. The van der Waals surface area contributed by atoms with Gasteiger partial charge in [0.25, 0.3) is 5.91 Å². The minimum atomic E-state index is -0.475. The molecule has 0 bridgehead atoms. The Balaban J connectivity index is 2.92. The molecule has 6 nitrogen and oxygen atoms in total. The zero-order chi connectivity index (χ0) is 17.9. The summed E-state index contributed by atoms with van der Waals surface area (Å²) in [5, 5.41) is 3.33. The molecule has 0 aliphatic rings. The van der Waals surface area contributed by atoms with E-state index in [2.05, 4.69) is 12.2 Å². The third-order valence-corrected chi connectivity index (χ3v) is 3.77. The quantitative estimate of drug-likeness (QED) is 0.525. The lowest BCUT2D eigenvalue weighted by atomic mass is 10.1. The highest BCUT2D eigenvalue weighted by molar-refractivity contribution is 6.03. The van der Waals surface area contributed by atoms with Gasteiger partial charge in [0.2, 0.25) is 0 Å². The second-order valence-corrected chi connectivity index (χ2v) is 5.60. The summed E-state index contributed by atoms with van der Waals surface area (Å²) < 4.78 is 9.69. The number of benzene rings is 1. The fraction of sp³-hybridized carbons (Fsp3) is 0.556. The molecule has 6 heteroatoms. The molecule has 134 valence electrons. The number of anilines is 2. The molecular formula is C18H28N2O4. The molecule has 1 aromatic carbocycles. The van der Waals surface area contributed by atoms with Gasteiger partial charge < -0.3 is 19.7 Å². The number of nitrogens with one attached hydrogen (secondary N) is 1. The maximum absolute atomic E-state index is 12.1. The van der Waals surface area contributed by atoms with Crippen molar-refractivity contribution in [2.24, 2.45) is 0 Å². The van der Waals surface area contributed by atoms with Crippen molar-refractivity contribution in [1.82, 2.24) is 0 Å². The van der Waals surface area contributed by atoms with Crippen LogP contribution in [0, 0.1) is 0 Å². The number of rotatable bonds is 10. The first-order valence-corrected chi connectivity index (χ1v) is 8.26. The van der Waals surface area contributed by atoms with E-state index in [0.29, 0.717) is 11.3 Å². The van der Waals surface area contributed by atoms with Gasteiger partial charge >= 0.3 is 5.97 Å². The topological polar surface area (TPSA) is 67.9 Å². The highest BCUT2D eigenvalue weighted by Crippen LogP contribution is 2.25. The number of unbranched alkanes of at least 4 members (excludes halogenated alkanes) is 3. The normalized spacial score (nSPS) is 10.3. The number of nitrogens with zero attached hydrogens (tertiary/aromatic N) is 1. The Morgan fingerprint density at radius 1 is 1.17 bits per heavy atom. The Labute approximate surface area is 144 Å². The van der Waals surface area contributed by atoms with E-state index in [1.54, 1.807) is 19.2 Å². The second-order valence-electron chi connectivity index (χ2n) is 5.60. The van der Waals surface area contributed by atoms with Crippen LogP contribution in [0.4, 0.5) is 11.4 Å². The minimum Gasteiger partial charge on any atom is -0.465 e. The first-order chi connectivity index (χ1) is 11.5. The molecule has 0 aromatic heterocycles. The first kappa shape index (κ1) is 20.0. The van der Waals surface area contributed by atoms with Crippen LogP contribution >= 0.6 is 0 Å². The number of likely N-dealkylation sites (N-methyl/N-ethyl adjacent to an activating group) is 1. The van der Waals surface area contributed by atoms with Crippen LogP contribution in [-0.4, -0.2) is 46.3 Å². The monoisotopic (exact) mass is 336 g/mol. The van der Waals surface area contributed by atoms with E-state index < -0.39 is 5.97 Å². The third kappa shape index (κ3) is 5.85. The van der Waals surface area contributed by atoms with Crippen LogP contribution in [0.15, 0.2) is 18.2 Å². The fourth-order valence-electron chi connectivity index (χ4n) is 2.34. The van der Waals surface area contributed by atoms with E-state index in [4.69, 9.17) is 9.47 Å². The van der Waals surface area contributed by atoms with Crippen LogP contribution in [0.3, 0.4) is 0 Å². The number of esters is 1. The van der Waals surface area contributed by atoms with Crippen molar-refractivity contribution in [1.29, 1.82) is 0 Å².